The Kier molecular flexibility index (Phi) is 5.83. The molecule has 0 aliphatic rings. The Morgan fingerprint density at radius 1 is 1.33 bits per heavy atom. The second kappa shape index (κ2) is 6.49. The van der Waals surface area contributed by atoms with Crippen molar-refractivity contribution in [2.24, 2.45) is 5.73 Å². The number of rotatable bonds is 1. The average molecular weight is 167 g/mol. The van der Waals surface area contributed by atoms with Crippen molar-refractivity contribution >= 4 is 11.4 Å². The molecule has 0 saturated carbocycles. The summed E-state index contributed by atoms with van der Waals surface area (Å²) in [5.74, 6) is 0. The minimum atomic E-state index is 0.750. The maximum absolute atomic E-state index is 5.57. The smallest absolute Gasteiger partial charge is 0.0571 e. The monoisotopic (exact) mass is 167 g/mol. The highest BCUT2D eigenvalue weighted by atomic mass is 14.8. The number of anilines is 2. The first kappa shape index (κ1) is 10.8. The average Bonchev–Trinajstić information content (AvgIpc) is 2.07. The molecule has 0 atom stereocenters. The van der Waals surface area contributed by atoms with Crippen molar-refractivity contribution in [3.8, 4) is 0 Å². The summed E-state index contributed by atoms with van der Waals surface area (Å²) in [6, 6.07) is 7.67. The van der Waals surface area contributed by atoms with E-state index in [1.807, 2.05) is 38.2 Å². The molecule has 0 spiro atoms. The van der Waals surface area contributed by atoms with Gasteiger partial charge < -0.3 is 16.8 Å². The summed E-state index contributed by atoms with van der Waals surface area (Å²) >= 11 is 0. The predicted molar refractivity (Wildman–Crippen MR) is 55.1 cm³/mol. The van der Waals surface area contributed by atoms with E-state index in [2.05, 4.69) is 5.32 Å². The van der Waals surface area contributed by atoms with E-state index < -0.39 is 0 Å². The van der Waals surface area contributed by atoms with Gasteiger partial charge in [-0.25, -0.2) is 0 Å². The fourth-order valence-corrected chi connectivity index (χ4v) is 0.725. The number of hydrogen-bond donors (Lipinski definition) is 3. The van der Waals surface area contributed by atoms with Gasteiger partial charge in [0.15, 0.2) is 0 Å². The zero-order valence-corrected chi connectivity index (χ0v) is 7.67. The third kappa shape index (κ3) is 3.83. The van der Waals surface area contributed by atoms with Crippen LogP contribution in [0, 0.1) is 0 Å². The van der Waals surface area contributed by atoms with E-state index in [0.29, 0.717) is 0 Å². The molecule has 0 heterocycles. The largest absolute Gasteiger partial charge is 0.397 e. The summed E-state index contributed by atoms with van der Waals surface area (Å²) in [6.45, 7) is 2.65. The number of benzene rings is 1. The molecule has 0 bridgehead atoms. The molecule has 0 amide bonds. The lowest BCUT2D eigenvalue weighted by atomic mass is 10.3. The van der Waals surface area contributed by atoms with E-state index in [9.17, 15) is 0 Å². The van der Waals surface area contributed by atoms with E-state index in [-0.39, 0.29) is 0 Å². The second-order valence-electron chi connectivity index (χ2n) is 2.25. The minimum Gasteiger partial charge on any atom is -0.397 e. The lowest BCUT2D eigenvalue weighted by Crippen LogP contribution is -1.93. The molecular weight excluding hydrogens is 150 g/mol. The van der Waals surface area contributed by atoms with Crippen LogP contribution in [0.1, 0.15) is 6.92 Å². The van der Waals surface area contributed by atoms with Gasteiger partial charge in [0.25, 0.3) is 0 Å². The molecule has 68 valence electrons. The van der Waals surface area contributed by atoms with Crippen LogP contribution < -0.4 is 16.8 Å². The molecule has 0 radical (unpaired) electrons. The molecule has 1 rings (SSSR count). The summed E-state index contributed by atoms with van der Waals surface area (Å²) in [6.07, 6.45) is 0. The molecule has 0 aliphatic carbocycles. The van der Waals surface area contributed by atoms with Crippen molar-refractivity contribution in [2.75, 3.05) is 24.6 Å². The van der Waals surface area contributed by atoms with Crippen molar-refractivity contribution in [1.82, 2.24) is 0 Å². The van der Waals surface area contributed by atoms with Gasteiger partial charge >= 0.3 is 0 Å². The number of nitrogens with one attached hydrogen (secondary N) is 1. The van der Waals surface area contributed by atoms with Crippen molar-refractivity contribution in [2.45, 2.75) is 6.92 Å². The molecule has 3 heteroatoms. The Labute approximate surface area is 73.8 Å². The first-order chi connectivity index (χ1) is 5.76. The minimum absolute atomic E-state index is 0.750. The van der Waals surface area contributed by atoms with Crippen LogP contribution in [0.5, 0.6) is 0 Å². The summed E-state index contributed by atoms with van der Waals surface area (Å²) < 4.78 is 0. The van der Waals surface area contributed by atoms with Gasteiger partial charge in [0.2, 0.25) is 0 Å². The van der Waals surface area contributed by atoms with Crippen molar-refractivity contribution in [3.05, 3.63) is 24.3 Å². The fourth-order valence-electron chi connectivity index (χ4n) is 0.725. The lowest BCUT2D eigenvalue weighted by molar-refractivity contribution is 1.14. The first-order valence-corrected chi connectivity index (χ1v) is 3.98. The molecule has 1 aromatic carbocycles. The highest BCUT2D eigenvalue weighted by Crippen LogP contribution is 2.14. The van der Waals surface area contributed by atoms with Gasteiger partial charge in [0.05, 0.1) is 11.4 Å². The van der Waals surface area contributed by atoms with Gasteiger partial charge in [-0.15, -0.1) is 0 Å². The van der Waals surface area contributed by atoms with Crippen LogP contribution in [0.3, 0.4) is 0 Å². The lowest BCUT2D eigenvalue weighted by Gasteiger charge is -2.01. The Balaban J connectivity index is 0.000000354. The summed E-state index contributed by atoms with van der Waals surface area (Å²) in [4.78, 5) is 0. The molecule has 0 aromatic heterocycles. The quantitative estimate of drug-likeness (QED) is 0.552. The normalized spacial score (nSPS) is 8.25. The second-order valence-corrected chi connectivity index (χ2v) is 2.25. The Morgan fingerprint density at radius 3 is 2.17 bits per heavy atom. The van der Waals surface area contributed by atoms with Gasteiger partial charge in [0.1, 0.15) is 0 Å². The van der Waals surface area contributed by atoms with Crippen molar-refractivity contribution in [3.63, 3.8) is 0 Å². The zero-order valence-electron chi connectivity index (χ0n) is 7.67. The summed E-state index contributed by atoms with van der Waals surface area (Å²) in [5.41, 5.74) is 12.2. The number of para-hydroxylation sites is 2. The molecular formula is C9H17N3. The molecule has 1 aromatic rings. The topological polar surface area (TPSA) is 64.1 Å². The van der Waals surface area contributed by atoms with Crippen LogP contribution in [-0.2, 0) is 0 Å². The van der Waals surface area contributed by atoms with E-state index in [4.69, 9.17) is 11.5 Å². The predicted octanol–water partition coefficient (Wildman–Crippen LogP) is 1.28. The van der Waals surface area contributed by atoms with Crippen LogP contribution in [0.25, 0.3) is 0 Å². The van der Waals surface area contributed by atoms with Gasteiger partial charge in [0, 0.05) is 7.05 Å². The van der Waals surface area contributed by atoms with Gasteiger partial charge in [-0.1, -0.05) is 19.1 Å². The number of nitrogens with two attached hydrogens (primary N) is 2. The Hall–Kier alpha value is -1.22. The first-order valence-electron chi connectivity index (χ1n) is 3.98. The highest BCUT2D eigenvalue weighted by molar-refractivity contribution is 5.65. The Morgan fingerprint density at radius 2 is 1.83 bits per heavy atom. The third-order valence-electron chi connectivity index (χ3n) is 1.23. The summed E-state index contributed by atoms with van der Waals surface area (Å²) in [5, 5.41) is 2.97. The maximum atomic E-state index is 5.57. The molecule has 0 saturated heterocycles. The number of nitrogen functional groups attached to an aromatic ring is 1. The standard InChI is InChI=1S/C7H10N2.C2H7N/c1-9-7-5-3-2-4-6(7)8;1-2-3/h2-5,9H,8H2,1H3;2-3H2,1H3. The van der Waals surface area contributed by atoms with Gasteiger partial charge in [-0.05, 0) is 18.7 Å². The maximum Gasteiger partial charge on any atom is 0.0571 e. The molecule has 3 nitrogen and oxygen atoms in total. The van der Waals surface area contributed by atoms with Gasteiger partial charge in [-0.3, -0.25) is 0 Å². The van der Waals surface area contributed by atoms with E-state index >= 15 is 0 Å². The molecule has 5 N–H and O–H groups in total. The van der Waals surface area contributed by atoms with Crippen LogP contribution in [0.4, 0.5) is 11.4 Å². The summed E-state index contributed by atoms with van der Waals surface area (Å²) in [7, 11) is 1.85. The molecule has 0 unspecified atom stereocenters. The van der Waals surface area contributed by atoms with Crippen molar-refractivity contribution in [1.29, 1.82) is 0 Å². The van der Waals surface area contributed by atoms with E-state index in [1.54, 1.807) is 0 Å². The van der Waals surface area contributed by atoms with Crippen LogP contribution in [0.15, 0.2) is 24.3 Å². The molecule has 12 heavy (non-hydrogen) atoms. The van der Waals surface area contributed by atoms with Crippen LogP contribution >= 0.6 is 0 Å². The van der Waals surface area contributed by atoms with Crippen LogP contribution in [0.2, 0.25) is 0 Å². The molecule has 0 aliphatic heterocycles. The fraction of sp³-hybridized carbons (Fsp3) is 0.333. The Bertz CT molecular complexity index is 211. The van der Waals surface area contributed by atoms with E-state index in [0.717, 1.165) is 17.9 Å². The van der Waals surface area contributed by atoms with Crippen LogP contribution in [-0.4, -0.2) is 13.6 Å². The number of hydrogen-bond acceptors (Lipinski definition) is 3. The zero-order chi connectivity index (χ0) is 9.40. The van der Waals surface area contributed by atoms with Crippen molar-refractivity contribution < 1.29 is 0 Å². The van der Waals surface area contributed by atoms with Gasteiger partial charge in [-0.2, -0.15) is 0 Å². The third-order valence-corrected chi connectivity index (χ3v) is 1.23. The molecule has 0 fully saturated rings. The SMILES string of the molecule is CCN.CNc1ccccc1N. The highest BCUT2D eigenvalue weighted by Gasteiger charge is 1.89. The van der Waals surface area contributed by atoms with E-state index in [1.165, 1.54) is 0 Å².